The average molecular weight is 340 g/mol. The van der Waals surface area contributed by atoms with Crippen LogP contribution in [-0.2, 0) is 11.3 Å². The third-order valence-electron chi connectivity index (χ3n) is 3.65. The van der Waals surface area contributed by atoms with E-state index in [9.17, 15) is 9.59 Å². The highest BCUT2D eigenvalue weighted by Crippen LogP contribution is 2.13. The van der Waals surface area contributed by atoms with E-state index >= 15 is 0 Å². The first-order valence-corrected chi connectivity index (χ1v) is 8.22. The summed E-state index contributed by atoms with van der Waals surface area (Å²) in [6.07, 6.45) is 3.49. The summed E-state index contributed by atoms with van der Waals surface area (Å²) in [4.78, 5) is 28.5. The zero-order valence-corrected chi connectivity index (χ0v) is 14.0. The van der Waals surface area contributed by atoms with Crippen LogP contribution in [0, 0.1) is 0 Å². The molecule has 0 aliphatic heterocycles. The van der Waals surface area contributed by atoms with E-state index in [4.69, 9.17) is 0 Å². The number of carbonyl (C=O) groups excluding carboxylic acids is 1. The number of rotatable bonds is 7. The Hall–Kier alpha value is -3.16. The SMILES string of the molecule is CCCCNC(=O)Cn1nc2nc(Nc3ccccc3)ccn2c1=O. The van der Waals surface area contributed by atoms with Crippen LogP contribution in [0.1, 0.15) is 19.8 Å². The lowest BCUT2D eigenvalue weighted by atomic mass is 10.3. The number of fused-ring (bicyclic) bond motifs is 1. The van der Waals surface area contributed by atoms with Gasteiger partial charge in [-0.1, -0.05) is 31.5 Å². The lowest BCUT2D eigenvalue weighted by Gasteiger charge is -2.04. The van der Waals surface area contributed by atoms with Gasteiger partial charge in [0.1, 0.15) is 12.4 Å². The summed E-state index contributed by atoms with van der Waals surface area (Å²) in [5.74, 6) is 0.581. The summed E-state index contributed by atoms with van der Waals surface area (Å²) in [6, 6.07) is 11.3. The monoisotopic (exact) mass is 340 g/mol. The van der Waals surface area contributed by atoms with Gasteiger partial charge in [-0.3, -0.25) is 4.79 Å². The predicted octanol–water partition coefficient (Wildman–Crippen LogP) is 1.55. The number of carbonyl (C=O) groups is 1. The van der Waals surface area contributed by atoms with Crippen LogP contribution < -0.4 is 16.3 Å². The molecule has 0 saturated heterocycles. The molecule has 8 heteroatoms. The molecule has 0 fully saturated rings. The number of amides is 1. The molecule has 2 heterocycles. The van der Waals surface area contributed by atoms with E-state index in [1.165, 1.54) is 4.40 Å². The molecule has 130 valence electrons. The fraction of sp³-hybridized carbons (Fsp3) is 0.294. The Morgan fingerprint density at radius 3 is 2.76 bits per heavy atom. The van der Waals surface area contributed by atoms with Gasteiger partial charge in [0.05, 0.1) is 0 Å². The van der Waals surface area contributed by atoms with E-state index in [-0.39, 0.29) is 23.9 Å². The van der Waals surface area contributed by atoms with E-state index < -0.39 is 0 Å². The standard InChI is InChI=1S/C17H20N6O2/c1-2-3-10-18-15(24)12-23-17(25)22-11-9-14(20-16(22)21-23)19-13-7-5-4-6-8-13/h4-9,11H,2-3,10,12H2,1H3,(H,18,24)(H,19,20,21). The Morgan fingerprint density at radius 2 is 2.00 bits per heavy atom. The second kappa shape index (κ2) is 7.61. The first-order valence-electron chi connectivity index (χ1n) is 8.22. The smallest absolute Gasteiger partial charge is 0.352 e. The van der Waals surface area contributed by atoms with Gasteiger partial charge in [0.15, 0.2) is 0 Å². The van der Waals surface area contributed by atoms with Gasteiger partial charge in [-0.05, 0) is 24.6 Å². The van der Waals surface area contributed by atoms with E-state index in [2.05, 4.69) is 20.7 Å². The van der Waals surface area contributed by atoms with Crippen molar-refractivity contribution in [3.05, 3.63) is 53.1 Å². The number of benzene rings is 1. The quantitative estimate of drug-likeness (QED) is 0.637. The van der Waals surface area contributed by atoms with Gasteiger partial charge in [0.25, 0.3) is 5.78 Å². The zero-order chi connectivity index (χ0) is 17.6. The second-order valence-corrected chi connectivity index (χ2v) is 5.62. The summed E-state index contributed by atoms with van der Waals surface area (Å²) in [6.45, 7) is 2.53. The summed E-state index contributed by atoms with van der Waals surface area (Å²) in [5, 5.41) is 10.0. The highest BCUT2D eigenvalue weighted by Gasteiger charge is 2.12. The van der Waals surface area contributed by atoms with Crippen molar-refractivity contribution in [2.24, 2.45) is 0 Å². The Bertz CT molecular complexity index is 916. The summed E-state index contributed by atoms with van der Waals surface area (Å²) >= 11 is 0. The number of para-hydroxylation sites is 1. The van der Waals surface area contributed by atoms with E-state index in [0.717, 1.165) is 23.2 Å². The van der Waals surface area contributed by atoms with Crippen LogP contribution in [0.2, 0.25) is 0 Å². The minimum atomic E-state index is -0.389. The van der Waals surface area contributed by atoms with Crippen molar-refractivity contribution in [1.82, 2.24) is 24.5 Å². The summed E-state index contributed by atoms with van der Waals surface area (Å²) < 4.78 is 2.44. The van der Waals surface area contributed by atoms with Gasteiger partial charge in [0, 0.05) is 18.4 Å². The maximum Gasteiger partial charge on any atom is 0.352 e. The van der Waals surface area contributed by atoms with Crippen molar-refractivity contribution < 1.29 is 4.79 Å². The fourth-order valence-corrected chi connectivity index (χ4v) is 2.34. The molecule has 0 saturated carbocycles. The molecule has 0 unspecified atom stereocenters. The number of hydrogen-bond acceptors (Lipinski definition) is 5. The summed E-state index contributed by atoms with van der Waals surface area (Å²) in [7, 11) is 0. The highest BCUT2D eigenvalue weighted by molar-refractivity contribution is 5.75. The molecule has 3 rings (SSSR count). The van der Waals surface area contributed by atoms with Crippen molar-refractivity contribution in [1.29, 1.82) is 0 Å². The molecule has 3 aromatic rings. The van der Waals surface area contributed by atoms with Gasteiger partial charge in [-0.15, -0.1) is 5.10 Å². The van der Waals surface area contributed by atoms with Gasteiger partial charge in [-0.25, -0.2) is 13.9 Å². The minimum absolute atomic E-state index is 0.118. The van der Waals surface area contributed by atoms with Gasteiger partial charge >= 0.3 is 5.69 Å². The van der Waals surface area contributed by atoms with Crippen molar-refractivity contribution >= 4 is 23.2 Å². The van der Waals surface area contributed by atoms with Gasteiger partial charge in [-0.2, -0.15) is 4.98 Å². The Morgan fingerprint density at radius 1 is 1.20 bits per heavy atom. The molecule has 1 amide bonds. The average Bonchev–Trinajstić information content (AvgIpc) is 2.91. The van der Waals surface area contributed by atoms with E-state index in [0.29, 0.717) is 12.4 Å². The number of aromatic nitrogens is 4. The van der Waals surface area contributed by atoms with Crippen LogP contribution in [0.25, 0.3) is 5.78 Å². The Kier molecular flexibility index (Phi) is 5.08. The molecule has 2 aromatic heterocycles. The lowest BCUT2D eigenvalue weighted by Crippen LogP contribution is -2.33. The van der Waals surface area contributed by atoms with Crippen molar-refractivity contribution in [3.63, 3.8) is 0 Å². The van der Waals surface area contributed by atoms with Crippen molar-refractivity contribution in [2.45, 2.75) is 26.3 Å². The third kappa shape index (κ3) is 4.03. The normalized spacial score (nSPS) is 10.8. The number of unbranched alkanes of at least 4 members (excludes halogenated alkanes) is 1. The number of hydrogen-bond donors (Lipinski definition) is 2. The van der Waals surface area contributed by atoms with Crippen LogP contribution >= 0.6 is 0 Å². The van der Waals surface area contributed by atoms with Gasteiger partial charge < -0.3 is 10.6 Å². The molecule has 0 bridgehead atoms. The van der Waals surface area contributed by atoms with Crippen LogP contribution in [0.5, 0.6) is 0 Å². The molecule has 0 aliphatic rings. The molecule has 0 aliphatic carbocycles. The van der Waals surface area contributed by atoms with Crippen molar-refractivity contribution in [3.8, 4) is 0 Å². The van der Waals surface area contributed by atoms with Crippen LogP contribution in [0.15, 0.2) is 47.4 Å². The maximum atomic E-state index is 12.3. The minimum Gasteiger partial charge on any atom is -0.354 e. The third-order valence-corrected chi connectivity index (χ3v) is 3.65. The first-order chi connectivity index (χ1) is 12.2. The summed E-state index contributed by atoms with van der Waals surface area (Å²) in [5.41, 5.74) is 0.496. The first kappa shape index (κ1) is 16.7. The predicted molar refractivity (Wildman–Crippen MR) is 94.9 cm³/mol. The van der Waals surface area contributed by atoms with Crippen LogP contribution in [0.4, 0.5) is 11.5 Å². The fourth-order valence-electron chi connectivity index (χ4n) is 2.34. The zero-order valence-electron chi connectivity index (χ0n) is 14.0. The topological polar surface area (TPSA) is 93.3 Å². The lowest BCUT2D eigenvalue weighted by molar-refractivity contribution is -0.121. The molecular formula is C17H20N6O2. The molecule has 8 nitrogen and oxygen atoms in total. The van der Waals surface area contributed by atoms with E-state index in [1.54, 1.807) is 12.3 Å². The Labute approximate surface area is 144 Å². The van der Waals surface area contributed by atoms with Crippen LogP contribution in [0.3, 0.4) is 0 Å². The second-order valence-electron chi connectivity index (χ2n) is 5.62. The number of nitrogens with one attached hydrogen (secondary N) is 2. The number of anilines is 2. The van der Waals surface area contributed by atoms with Crippen molar-refractivity contribution in [2.75, 3.05) is 11.9 Å². The van der Waals surface area contributed by atoms with Crippen LogP contribution in [-0.4, -0.2) is 31.6 Å². The Balaban J connectivity index is 1.77. The maximum absolute atomic E-state index is 12.3. The highest BCUT2D eigenvalue weighted by atomic mass is 16.2. The molecule has 1 aromatic carbocycles. The molecule has 0 radical (unpaired) electrons. The van der Waals surface area contributed by atoms with E-state index in [1.807, 2.05) is 37.3 Å². The molecule has 0 atom stereocenters. The molecule has 2 N–H and O–H groups in total. The molecular weight excluding hydrogens is 320 g/mol. The molecule has 0 spiro atoms. The largest absolute Gasteiger partial charge is 0.354 e. The van der Waals surface area contributed by atoms with Gasteiger partial charge in [0.2, 0.25) is 5.91 Å². The number of nitrogens with zero attached hydrogens (tertiary/aromatic N) is 4. The molecule has 25 heavy (non-hydrogen) atoms.